The van der Waals surface area contributed by atoms with Gasteiger partial charge < -0.3 is 19.6 Å². The summed E-state index contributed by atoms with van der Waals surface area (Å²) in [6.07, 6.45) is -2.21. The third-order valence-corrected chi connectivity index (χ3v) is 7.05. The maximum Gasteiger partial charge on any atom is 0.420 e. The quantitative estimate of drug-likeness (QED) is 0.254. The summed E-state index contributed by atoms with van der Waals surface area (Å²) in [5, 5.41) is 14.0. The lowest BCUT2D eigenvalue weighted by atomic mass is 9.94. The summed E-state index contributed by atoms with van der Waals surface area (Å²) < 4.78 is 65.5. The molecule has 8 nitrogen and oxygen atoms in total. The highest BCUT2D eigenvalue weighted by atomic mass is 19.4. The molecule has 1 aliphatic rings. The standard InChI is InChI=1S/C29H24F4N6O2/c1-39-15-35-38-27(39)24-19(17-5-3-2-4-6-17)8-9-21(30)25(24)28-37-22-12-16(11-20(26(22)41-28)29(31,32)33)13-34-14-18-7-10-23(40)36-18/h2-6,8-9,11-12,15,18,34H,7,10,13-14H2,1H3,(H,36,40). The third kappa shape index (κ3) is 5.18. The molecule has 0 spiro atoms. The van der Waals surface area contributed by atoms with E-state index in [0.717, 1.165) is 11.6 Å². The van der Waals surface area contributed by atoms with Crippen LogP contribution in [0.2, 0.25) is 0 Å². The van der Waals surface area contributed by atoms with Crippen molar-refractivity contribution in [2.75, 3.05) is 6.54 Å². The van der Waals surface area contributed by atoms with E-state index >= 15 is 4.39 Å². The maximum absolute atomic E-state index is 15.6. The molecule has 6 rings (SSSR count). The van der Waals surface area contributed by atoms with E-state index in [4.69, 9.17) is 4.42 Å². The predicted molar refractivity (Wildman–Crippen MR) is 143 cm³/mol. The molecule has 1 unspecified atom stereocenters. The molecule has 1 aliphatic heterocycles. The second kappa shape index (κ2) is 10.4. The number of oxazole rings is 1. The van der Waals surface area contributed by atoms with Gasteiger partial charge in [-0.15, -0.1) is 10.2 Å². The van der Waals surface area contributed by atoms with Gasteiger partial charge in [-0.05, 0) is 41.3 Å². The number of carbonyl (C=O) groups is 1. The summed E-state index contributed by atoms with van der Waals surface area (Å²) in [6, 6.07) is 14.4. The molecule has 12 heteroatoms. The van der Waals surface area contributed by atoms with Crippen LogP contribution in [0.15, 0.2) is 65.3 Å². The van der Waals surface area contributed by atoms with Gasteiger partial charge in [0.1, 0.15) is 23.2 Å². The van der Waals surface area contributed by atoms with E-state index in [1.807, 2.05) is 30.3 Å². The number of carbonyl (C=O) groups excluding carboxylic acids is 1. The molecule has 41 heavy (non-hydrogen) atoms. The largest absolute Gasteiger partial charge is 0.435 e. The lowest BCUT2D eigenvalue weighted by Crippen LogP contribution is -2.35. The Labute approximate surface area is 231 Å². The Kier molecular flexibility index (Phi) is 6.78. The normalized spacial score (nSPS) is 15.5. The van der Waals surface area contributed by atoms with Crippen LogP contribution >= 0.6 is 0 Å². The zero-order chi connectivity index (χ0) is 28.7. The number of nitrogens with one attached hydrogen (secondary N) is 2. The molecule has 0 radical (unpaired) electrons. The first-order valence-corrected chi connectivity index (χ1v) is 12.9. The zero-order valence-corrected chi connectivity index (χ0v) is 21.8. The average Bonchev–Trinajstić information content (AvgIpc) is 3.67. The Morgan fingerprint density at radius 1 is 1.12 bits per heavy atom. The Balaban J connectivity index is 1.47. The molecule has 210 valence electrons. The van der Waals surface area contributed by atoms with Gasteiger partial charge in [0.25, 0.3) is 0 Å². The molecule has 3 aromatic carbocycles. The molecular weight excluding hydrogens is 540 g/mol. The molecule has 3 heterocycles. The first-order chi connectivity index (χ1) is 19.7. The fourth-order valence-corrected chi connectivity index (χ4v) is 5.12. The predicted octanol–water partition coefficient (Wildman–Crippen LogP) is 5.48. The van der Waals surface area contributed by atoms with E-state index in [9.17, 15) is 18.0 Å². The molecule has 1 atom stereocenters. The third-order valence-electron chi connectivity index (χ3n) is 7.05. The summed E-state index contributed by atoms with van der Waals surface area (Å²) in [7, 11) is 1.68. The number of aryl methyl sites for hydroxylation is 1. The van der Waals surface area contributed by atoms with Crippen molar-refractivity contribution in [3.05, 3.63) is 77.9 Å². The van der Waals surface area contributed by atoms with E-state index in [2.05, 4.69) is 25.8 Å². The lowest BCUT2D eigenvalue weighted by Gasteiger charge is -2.14. The van der Waals surface area contributed by atoms with Crippen molar-refractivity contribution in [2.24, 2.45) is 7.05 Å². The lowest BCUT2D eigenvalue weighted by molar-refractivity contribution is -0.136. The van der Waals surface area contributed by atoms with Gasteiger partial charge >= 0.3 is 6.18 Å². The molecule has 1 fully saturated rings. The SMILES string of the molecule is Cn1cnnc1-c1c(-c2ccccc2)ccc(F)c1-c1nc2cc(CNCC3CCC(=O)N3)cc(C(F)(F)F)c2o1. The molecule has 2 aromatic heterocycles. The molecule has 2 N–H and O–H groups in total. The van der Waals surface area contributed by atoms with Gasteiger partial charge in [0.15, 0.2) is 11.4 Å². The minimum Gasteiger partial charge on any atom is -0.435 e. The van der Waals surface area contributed by atoms with Crippen LogP contribution in [-0.4, -0.2) is 38.2 Å². The van der Waals surface area contributed by atoms with Gasteiger partial charge in [-0.1, -0.05) is 36.4 Å². The van der Waals surface area contributed by atoms with Crippen molar-refractivity contribution < 1.29 is 26.8 Å². The van der Waals surface area contributed by atoms with E-state index in [1.165, 1.54) is 18.5 Å². The van der Waals surface area contributed by atoms with Gasteiger partial charge in [-0.25, -0.2) is 9.37 Å². The summed E-state index contributed by atoms with van der Waals surface area (Å²) in [6.45, 7) is 0.517. The second-order valence-electron chi connectivity index (χ2n) is 9.92. The van der Waals surface area contributed by atoms with E-state index < -0.39 is 23.1 Å². The summed E-state index contributed by atoms with van der Waals surface area (Å²) in [4.78, 5) is 15.8. The maximum atomic E-state index is 15.6. The topological polar surface area (TPSA) is 97.9 Å². The number of rotatable bonds is 7. The van der Waals surface area contributed by atoms with Crippen LogP contribution < -0.4 is 10.6 Å². The zero-order valence-electron chi connectivity index (χ0n) is 21.8. The molecule has 1 amide bonds. The van der Waals surface area contributed by atoms with Crippen molar-refractivity contribution in [1.82, 2.24) is 30.4 Å². The average molecular weight is 565 g/mol. The van der Waals surface area contributed by atoms with Crippen LogP contribution in [0.25, 0.3) is 45.1 Å². The number of fused-ring (bicyclic) bond motifs is 1. The van der Waals surface area contributed by atoms with Crippen LogP contribution in [0.5, 0.6) is 0 Å². The minimum atomic E-state index is -4.75. The number of hydrogen-bond donors (Lipinski definition) is 2. The van der Waals surface area contributed by atoms with E-state index in [0.29, 0.717) is 36.3 Å². The summed E-state index contributed by atoms with van der Waals surface area (Å²) >= 11 is 0. The van der Waals surface area contributed by atoms with Crippen LogP contribution in [0.3, 0.4) is 0 Å². The number of amides is 1. The van der Waals surface area contributed by atoms with Crippen molar-refractivity contribution in [3.8, 4) is 34.0 Å². The Bertz CT molecular complexity index is 1750. The molecule has 0 bridgehead atoms. The molecule has 0 saturated carbocycles. The fraction of sp³-hybridized carbons (Fsp3) is 0.241. The van der Waals surface area contributed by atoms with Gasteiger partial charge in [0.05, 0.1) is 5.56 Å². The van der Waals surface area contributed by atoms with Crippen molar-refractivity contribution in [2.45, 2.75) is 31.6 Å². The highest BCUT2D eigenvalue weighted by Gasteiger charge is 2.36. The van der Waals surface area contributed by atoms with Crippen molar-refractivity contribution in [1.29, 1.82) is 0 Å². The summed E-state index contributed by atoms with van der Waals surface area (Å²) in [5.74, 6) is -0.793. The van der Waals surface area contributed by atoms with Gasteiger partial charge in [0, 0.05) is 38.2 Å². The number of aromatic nitrogens is 4. The Morgan fingerprint density at radius 3 is 2.61 bits per heavy atom. The van der Waals surface area contributed by atoms with Crippen LogP contribution in [0, 0.1) is 5.82 Å². The molecule has 0 aliphatic carbocycles. The van der Waals surface area contributed by atoms with E-state index in [1.54, 1.807) is 17.7 Å². The highest BCUT2D eigenvalue weighted by molar-refractivity contribution is 5.92. The smallest absolute Gasteiger partial charge is 0.420 e. The van der Waals surface area contributed by atoms with Crippen molar-refractivity contribution in [3.63, 3.8) is 0 Å². The number of nitrogens with zero attached hydrogens (tertiary/aromatic N) is 4. The summed E-state index contributed by atoms with van der Waals surface area (Å²) in [5.41, 5.74) is 0.244. The Morgan fingerprint density at radius 2 is 1.93 bits per heavy atom. The molecule has 5 aromatic rings. The van der Waals surface area contributed by atoms with E-state index in [-0.39, 0.29) is 41.0 Å². The van der Waals surface area contributed by atoms with Crippen molar-refractivity contribution >= 4 is 17.0 Å². The Hall–Kier alpha value is -4.58. The van der Waals surface area contributed by atoms with Gasteiger partial charge in [-0.3, -0.25) is 4.79 Å². The van der Waals surface area contributed by atoms with Crippen LogP contribution in [0.1, 0.15) is 24.0 Å². The number of hydrogen-bond acceptors (Lipinski definition) is 6. The highest BCUT2D eigenvalue weighted by Crippen LogP contribution is 2.43. The van der Waals surface area contributed by atoms with Crippen LogP contribution in [-0.2, 0) is 24.6 Å². The molecule has 1 saturated heterocycles. The fourth-order valence-electron chi connectivity index (χ4n) is 5.12. The number of benzene rings is 3. The number of halogens is 4. The first kappa shape index (κ1) is 26.6. The van der Waals surface area contributed by atoms with Gasteiger partial charge in [0.2, 0.25) is 11.8 Å². The second-order valence-corrected chi connectivity index (χ2v) is 9.92. The molecular formula is C29H24F4N6O2. The van der Waals surface area contributed by atoms with Crippen LogP contribution in [0.4, 0.5) is 17.6 Å². The monoisotopic (exact) mass is 564 g/mol. The first-order valence-electron chi connectivity index (χ1n) is 12.9. The minimum absolute atomic E-state index is 0.0445. The van der Waals surface area contributed by atoms with Gasteiger partial charge in [-0.2, -0.15) is 13.2 Å². The number of alkyl halides is 3.